The number of thioether (sulfide) groups is 1. The van der Waals surface area contributed by atoms with Gasteiger partial charge in [-0.2, -0.15) is 0 Å². The minimum absolute atomic E-state index is 0.00468. The fourth-order valence-electron chi connectivity index (χ4n) is 2.84. The zero-order chi connectivity index (χ0) is 22.9. The summed E-state index contributed by atoms with van der Waals surface area (Å²) in [6, 6.07) is 20.6. The van der Waals surface area contributed by atoms with Crippen molar-refractivity contribution < 1.29 is 23.9 Å². The van der Waals surface area contributed by atoms with E-state index in [1.807, 2.05) is 0 Å². The molecular weight excluding hydrogens is 428 g/mol. The Kier molecular flexibility index (Phi) is 7.88. The van der Waals surface area contributed by atoms with E-state index < -0.39 is 11.9 Å². The monoisotopic (exact) mass is 450 g/mol. The zero-order valence-electron chi connectivity index (χ0n) is 17.4. The summed E-state index contributed by atoms with van der Waals surface area (Å²) in [7, 11) is 1.56. The summed E-state index contributed by atoms with van der Waals surface area (Å²) in [5, 5.41) is 2.80. The predicted octanol–water partition coefficient (Wildman–Crippen LogP) is 3.88. The quantitative estimate of drug-likeness (QED) is 0.378. The van der Waals surface area contributed by atoms with Gasteiger partial charge in [-0.25, -0.2) is 4.79 Å². The van der Waals surface area contributed by atoms with Crippen molar-refractivity contribution in [3.63, 3.8) is 0 Å². The predicted molar refractivity (Wildman–Crippen MR) is 123 cm³/mol. The van der Waals surface area contributed by atoms with Gasteiger partial charge in [-0.05, 0) is 42.0 Å². The van der Waals surface area contributed by atoms with E-state index >= 15 is 0 Å². The van der Waals surface area contributed by atoms with Crippen molar-refractivity contribution in [2.45, 2.75) is 11.5 Å². The average Bonchev–Trinajstić information content (AvgIpc) is 2.81. The van der Waals surface area contributed by atoms with Crippen LogP contribution in [-0.2, 0) is 16.1 Å². The Bertz CT molecular complexity index is 1130. The molecule has 0 atom stereocenters. The second kappa shape index (κ2) is 11.0. The second-order valence-corrected chi connectivity index (χ2v) is 7.72. The summed E-state index contributed by atoms with van der Waals surface area (Å²) < 4.78 is 10.5. The molecule has 3 rings (SSSR count). The number of hydrogen-bond acceptors (Lipinski definition) is 6. The number of nitrogens with two attached hydrogens (primary N) is 1. The Labute approximate surface area is 189 Å². The maximum absolute atomic E-state index is 12.6. The molecular formula is C24H22N2O5S. The van der Waals surface area contributed by atoms with Gasteiger partial charge in [-0.3, -0.25) is 9.59 Å². The van der Waals surface area contributed by atoms with Gasteiger partial charge in [0, 0.05) is 22.2 Å². The summed E-state index contributed by atoms with van der Waals surface area (Å²) in [5.41, 5.74) is 7.26. The smallest absolute Gasteiger partial charge is 0.339 e. The highest BCUT2D eigenvalue weighted by molar-refractivity contribution is 8.00. The lowest BCUT2D eigenvalue weighted by molar-refractivity contribution is -0.113. The Morgan fingerprint density at radius 1 is 0.969 bits per heavy atom. The van der Waals surface area contributed by atoms with Crippen LogP contribution >= 0.6 is 11.8 Å². The SMILES string of the molecule is COc1cccc(NC(=O)CSc2ccccc2C(=O)OCc2cccc(C(N)=O)c2)c1. The Balaban J connectivity index is 1.60. The van der Waals surface area contributed by atoms with Gasteiger partial charge in [-0.1, -0.05) is 30.3 Å². The third-order valence-corrected chi connectivity index (χ3v) is 5.47. The molecule has 0 aliphatic rings. The number of rotatable bonds is 9. The van der Waals surface area contributed by atoms with Crippen LogP contribution in [-0.4, -0.2) is 30.6 Å². The first-order chi connectivity index (χ1) is 15.5. The zero-order valence-corrected chi connectivity index (χ0v) is 18.2. The summed E-state index contributed by atoms with van der Waals surface area (Å²) >= 11 is 1.24. The normalized spacial score (nSPS) is 10.3. The highest BCUT2D eigenvalue weighted by Crippen LogP contribution is 2.24. The summed E-state index contributed by atoms with van der Waals surface area (Å²) in [4.78, 5) is 36.9. The number of primary amides is 1. The van der Waals surface area contributed by atoms with Crippen LogP contribution in [0, 0.1) is 0 Å². The van der Waals surface area contributed by atoms with Gasteiger partial charge in [0.05, 0.1) is 18.4 Å². The van der Waals surface area contributed by atoms with Crippen molar-refractivity contribution in [3.05, 3.63) is 89.5 Å². The van der Waals surface area contributed by atoms with Crippen LogP contribution in [0.5, 0.6) is 5.75 Å². The number of hydrogen-bond donors (Lipinski definition) is 2. The Morgan fingerprint density at radius 2 is 1.75 bits per heavy atom. The van der Waals surface area contributed by atoms with Crippen LogP contribution in [0.15, 0.2) is 77.7 Å². The van der Waals surface area contributed by atoms with Crippen molar-refractivity contribution in [2.75, 3.05) is 18.2 Å². The molecule has 32 heavy (non-hydrogen) atoms. The number of esters is 1. The number of amides is 2. The van der Waals surface area contributed by atoms with Crippen molar-refractivity contribution in [2.24, 2.45) is 5.73 Å². The van der Waals surface area contributed by atoms with Crippen molar-refractivity contribution in [1.29, 1.82) is 0 Å². The summed E-state index contributed by atoms with van der Waals surface area (Å²) in [6.45, 7) is -0.00468. The topological polar surface area (TPSA) is 108 Å². The third kappa shape index (κ3) is 6.36. The van der Waals surface area contributed by atoms with Crippen molar-refractivity contribution >= 4 is 35.2 Å². The molecule has 0 bridgehead atoms. The number of ether oxygens (including phenoxy) is 2. The van der Waals surface area contributed by atoms with E-state index in [4.69, 9.17) is 15.2 Å². The molecule has 0 heterocycles. The van der Waals surface area contributed by atoms with E-state index in [0.717, 1.165) is 0 Å². The van der Waals surface area contributed by atoms with Gasteiger partial charge < -0.3 is 20.5 Å². The Morgan fingerprint density at radius 3 is 2.53 bits per heavy atom. The molecule has 0 saturated carbocycles. The van der Waals surface area contributed by atoms with Crippen LogP contribution in [0.25, 0.3) is 0 Å². The van der Waals surface area contributed by atoms with Gasteiger partial charge >= 0.3 is 5.97 Å². The molecule has 0 aromatic heterocycles. The maximum Gasteiger partial charge on any atom is 0.339 e. The van der Waals surface area contributed by atoms with E-state index in [1.54, 1.807) is 79.9 Å². The summed E-state index contributed by atoms with van der Waals surface area (Å²) in [6.07, 6.45) is 0. The molecule has 0 saturated heterocycles. The fraction of sp³-hybridized carbons (Fsp3) is 0.125. The number of carbonyl (C=O) groups excluding carboxylic acids is 3. The molecule has 0 fully saturated rings. The van der Waals surface area contributed by atoms with Gasteiger partial charge in [0.15, 0.2) is 0 Å². The number of carbonyl (C=O) groups is 3. The van der Waals surface area contributed by atoms with E-state index in [9.17, 15) is 14.4 Å². The second-order valence-electron chi connectivity index (χ2n) is 6.71. The Hall–Kier alpha value is -3.78. The van der Waals surface area contributed by atoms with Crippen molar-refractivity contribution in [1.82, 2.24) is 0 Å². The lowest BCUT2D eigenvalue weighted by Gasteiger charge is -2.10. The van der Waals surface area contributed by atoms with Crippen LogP contribution < -0.4 is 15.8 Å². The minimum atomic E-state index is -0.549. The molecule has 0 unspecified atom stereocenters. The van der Waals surface area contributed by atoms with Gasteiger partial charge in [0.1, 0.15) is 12.4 Å². The molecule has 0 spiro atoms. The molecule has 0 aliphatic carbocycles. The first-order valence-electron chi connectivity index (χ1n) is 9.68. The van der Waals surface area contributed by atoms with E-state index in [2.05, 4.69) is 5.32 Å². The lowest BCUT2D eigenvalue weighted by Crippen LogP contribution is -2.14. The van der Waals surface area contributed by atoms with E-state index in [-0.39, 0.29) is 18.3 Å². The molecule has 0 radical (unpaired) electrons. The van der Waals surface area contributed by atoms with Gasteiger partial charge in [0.25, 0.3) is 0 Å². The van der Waals surface area contributed by atoms with Gasteiger partial charge in [-0.15, -0.1) is 11.8 Å². The number of anilines is 1. The number of methoxy groups -OCH3 is 1. The number of nitrogens with one attached hydrogen (secondary N) is 1. The average molecular weight is 451 g/mol. The van der Waals surface area contributed by atoms with Crippen LogP contribution in [0.1, 0.15) is 26.3 Å². The lowest BCUT2D eigenvalue weighted by atomic mass is 10.1. The molecule has 3 aromatic rings. The molecule has 8 heteroatoms. The van der Waals surface area contributed by atoms with E-state index in [1.165, 1.54) is 11.8 Å². The first kappa shape index (κ1) is 22.9. The van der Waals surface area contributed by atoms with Crippen molar-refractivity contribution in [3.8, 4) is 5.75 Å². The molecule has 0 aliphatic heterocycles. The summed E-state index contributed by atoms with van der Waals surface area (Å²) in [5.74, 6) is -0.528. The van der Waals surface area contributed by atoms with Crippen LogP contribution in [0.2, 0.25) is 0 Å². The van der Waals surface area contributed by atoms with E-state index in [0.29, 0.717) is 33.0 Å². The molecule has 3 N–H and O–H groups in total. The van der Waals surface area contributed by atoms with Crippen LogP contribution in [0.4, 0.5) is 5.69 Å². The molecule has 7 nitrogen and oxygen atoms in total. The third-order valence-electron chi connectivity index (χ3n) is 4.40. The van der Waals surface area contributed by atoms with Gasteiger partial charge in [0.2, 0.25) is 11.8 Å². The maximum atomic E-state index is 12.6. The molecule has 164 valence electrons. The molecule has 2 amide bonds. The molecule has 3 aromatic carbocycles. The van der Waals surface area contributed by atoms with Crippen LogP contribution in [0.3, 0.4) is 0 Å². The standard InChI is InChI=1S/C24H22N2O5S/c1-30-19-9-5-8-18(13-19)26-22(27)15-32-21-11-3-2-10-20(21)24(29)31-14-16-6-4-7-17(12-16)23(25)28/h2-13H,14-15H2,1H3,(H2,25,28)(H,26,27). The highest BCUT2D eigenvalue weighted by Gasteiger charge is 2.15. The first-order valence-corrected chi connectivity index (χ1v) is 10.7. The number of benzene rings is 3. The minimum Gasteiger partial charge on any atom is -0.497 e. The largest absolute Gasteiger partial charge is 0.497 e. The fourth-order valence-corrected chi connectivity index (χ4v) is 3.68. The highest BCUT2D eigenvalue weighted by atomic mass is 32.2.